The summed E-state index contributed by atoms with van der Waals surface area (Å²) >= 11 is 0. The second-order valence-electron chi connectivity index (χ2n) is 6.54. The van der Waals surface area contributed by atoms with Crippen molar-refractivity contribution in [2.24, 2.45) is 5.92 Å². The Kier molecular flexibility index (Phi) is 6.58. The summed E-state index contributed by atoms with van der Waals surface area (Å²) in [6.45, 7) is 0. The number of ether oxygens (including phenoxy) is 1. The van der Waals surface area contributed by atoms with E-state index in [1.54, 1.807) is 18.2 Å². The van der Waals surface area contributed by atoms with Crippen molar-refractivity contribution in [2.45, 2.75) is 38.5 Å². The maximum Gasteiger partial charge on any atom is 0.225 e. The summed E-state index contributed by atoms with van der Waals surface area (Å²) in [5, 5.41) is 2.65. The van der Waals surface area contributed by atoms with Crippen molar-refractivity contribution in [1.29, 1.82) is 0 Å². The molecule has 0 heterocycles. The van der Waals surface area contributed by atoms with E-state index >= 15 is 0 Å². The summed E-state index contributed by atoms with van der Waals surface area (Å²) < 4.78 is 27.6. The standard InChI is InChI=1S/C18H25NO5S/c1-24-16-9-8-14(18(21)13-6-4-3-5-7-13)12-15(16)19-17(20)10-11-25(2,22)23/h8-9,12-13H,3-7,10-11H2,1-2H3,(H,19,20). The van der Waals surface area contributed by atoms with Gasteiger partial charge in [0.2, 0.25) is 5.91 Å². The molecule has 6 nitrogen and oxygen atoms in total. The Labute approximate surface area is 148 Å². The molecule has 0 aromatic heterocycles. The van der Waals surface area contributed by atoms with E-state index < -0.39 is 15.7 Å². The van der Waals surface area contributed by atoms with E-state index in [2.05, 4.69) is 5.32 Å². The largest absolute Gasteiger partial charge is 0.495 e. The first-order valence-electron chi connectivity index (χ1n) is 8.50. The highest BCUT2D eigenvalue weighted by atomic mass is 32.2. The van der Waals surface area contributed by atoms with Crippen LogP contribution in [0.3, 0.4) is 0 Å². The second kappa shape index (κ2) is 8.47. The van der Waals surface area contributed by atoms with Crippen LogP contribution in [-0.2, 0) is 14.6 Å². The van der Waals surface area contributed by atoms with Gasteiger partial charge in [0.25, 0.3) is 0 Å². The molecule has 7 heteroatoms. The molecule has 138 valence electrons. The van der Waals surface area contributed by atoms with Crippen molar-refractivity contribution in [3.8, 4) is 5.75 Å². The first-order chi connectivity index (χ1) is 11.8. The van der Waals surface area contributed by atoms with Crippen molar-refractivity contribution < 1.29 is 22.7 Å². The normalized spacial score (nSPS) is 15.6. The molecular formula is C18H25NO5S. The van der Waals surface area contributed by atoms with Gasteiger partial charge in [0.15, 0.2) is 5.78 Å². The van der Waals surface area contributed by atoms with Gasteiger partial charge in [-0.05, 0) is 31.0 Å². The van der Waals surface area contributed by atoms with E-state index in [1.165, 1.54) is 13.5 Å². The van der Waals surface area contributed by atoms with Gasteiger partial charge in [-0.3, -0.25) is 9.59 Å². The highest BCUT2D eigenvalue weighted by Crippen LogP contribution is 2.30. The minimum Gasteiger partial charge on any atom is -0.495 e. The van der Waals surface area contributed by atoms with Crippen molar-refractivity contribution in [2.75, 3.05) is 24.4 Å². The van der Waals surface area contributed by atoms with Crippen LogP contribution >= 0.6 is 0 Å². The monoisotopic (exact) mass is 367 g/mol. The topological polar surface area (TPSA) is 89.5 Å². The molecular weight excluding hydrogens is 342 g/mol. The number of rotatable bonds is 7. The number of carbonyl (C=O) groups excluding carboxylic acids is 2. The molecule has 1 amide bonds. The molecule has 2 rings (SSSR count). The van der Waals surface area contributed by atoms with Gasteiger partial charge in [-0.1, -0.05) is 19.3 Å². The summed E-state index contributed by atoms with van der Waals surface area (Å²) in [5.41, 5.74) is 0.939. The lowest BCUT2D eigenvalue weighted by atomic mass is 9.84. The molecule has 1 aliphatic rings. The fourth-order valence-electron chi connectivity index (χ4n) is 3.05. The van der Waals surface area contributed by atoms with Crippen LogP contribution in [0, 0.1) is 5.92 Å². The maximum atomic E-state index is 12.7. The Bertz CT molecular complexity index is 736. The fraction of sp³-hybridized carbons (Fsp3) is 0.556. The lowest BCUT2D eigenvalue weighted by Crippen LogP contribution is -2.19. The third kappa shape index (κ3) is 5.85. The van der Waals surface area contributed by atoms with E-state index in [4.69, 9.17) is 4.74 Å². The van der Waals surface area contributed by atoms with Crippen molar-refractivity contribution >= 4 is 27.2 Å². The minimum absolute atomic E-state index is 0.0379. The summed E-state index contributed by atoms with van der Waals surface area (Å²) in [4.78, 5) is 24.7. The molecule has 0 atom stereocenters. The smallest absolute Gasteiger partial charge is 0.225 e. The van der Waals surface area contributed by atoms with E-state index in [1.807, 2.05) is 0 Å². The summed E-state index contributed by atoms with van der Waals surface area (Å²) in [6.07, 6.45) is 6.08. The number of carbonyl (C=O) groups is 2. The zero-order valence-electron chi connectivity index (χ0n) is 14.7. The number of amides is 1. The molecule has 1 aromatic carbocycles. The molecule has 25 heavy (non-hydrogen) atoms. The van der Waals surface area contributed by atoms with Gasteiger partial charge >= 0.3 is 0 Å². The van der Waals surface area contributed by atoms with Crippen molar-refractivity contribution in [1.82, 2.24) is 0 Å². The number of Topliss-reactive ketones (excluding diaryl/α,β-unsaturated/α-hetero) is 1. The van der Waals surface area contributed by atoms with Crippen LogP contribution in [0.15, 0.2) is 18.2 Å². The fourth-order valence-corrected chi connectivity index (χ4v) is 3.61. The van der Waals surface area contributed by atoms with E-state index in [9.17, 15) is 18.0 Å². The van der Waals surface area contributed by atoms with E-state index in [-0.39, 0.29) is 23.9 Å². The molecule has 0 spiro atoms. The number of ketones is 1. The number of hydrogen-bond acceptors (Lipinski definition) is 5. The molecule has 1 aromatic rings. The number of sulfone groups is 1. The van der Waals surface area contributed by atoms with Gasteiger partial charge in [-0.2, -0.15) is 0 Å². The van der Waals surface area contributed by atoms with Gasteiger partial charge < -0.3 is 10.1 Å². The molecule has 0 bridgehead atoms. The summed E-state index contributed by atoms with van der Waals surface area (Å²) in [5.74, 6) is -0.0780. The molecule has 1 fully saturated rings. The predicted molar refractivity (Wildman–Crippen MR) is 96.9 cm³/mol. The maximum absolute atomic E-state index is 12.7. The molecule has 1 aliphatic carbocycles. The van der Waals surface area contributed by atoms with Gasteiger partial charge in [0.1, 0.15) is 15.6 Å². The Morgan fingerprint density at radius 3 is 2.48 bits per heavy atom. The second-order valence-corrected chi connectivity index (χ2v) is 8.80. The number of anilines is 1. The summed E-state index contributed by atoms with van der Waals surface area (Å²) in [6, 6.07) is 4.98. The Morgan fingerprint density at radius 1 is 1.20 bits per heavy atom. The summed E-state index contributed by atoms with van der Waals surface area (Å²) in [7, 11) is -1.73. The van der Waals surface area contributed by atoms with Gasteiger partial charge in [0, 0.05) is 24.2 Å². The average Bonchev–Trinajstić information content (AvgIpc) is 2.59. The van der Waals surface area contributed by atoms with Crippen LogP contribution in [0.2, 0.25) is 0 Å². The predicted octanol–water partition coefficient (Wildman–Crippen LogP) is 2.83. The van der Waals surface area contributed by atoms with E-state index in [0.29, 0.717) is 17.0 Å². The number of hydrogen-bond donors (Lipinski definition) is 1. The first-order valence-corrected chi connectivity index (χ1v) is 10.6. The first kappa shape index (κ1) is 19.4. The van der Waals surface area contributed by atoms with Crippen LogP contribution in [0.25, 0.3) is 0 Å². The van der Waals surface area contributed by atoms with Crippen molar-refractivity contribution in [3.63, 3.8) is 0 Å². The van der Waals surface area contributed by atoms with Crippen LogP contribution in [0.1, 0.15) is 48.9 Å². The zero-order valence-corrected chi connectivity index (χ0v) is 15.5. The lowest BCUT2D eigenvalue weighted by molar-refractivity contribution is -0.115. The third-order valence-electron chi connectivity index (χ3n) is 4.43. The molecule has 1 saturated carbocycles. The number of methoxy groups -OCH3 is 1. The van der Waals surface area contributed by atoms with Gasteiger partial charge in [0.05, 0.1) is 18.6 Å². The minimum atomic E-state index is -3.21. The highest BCUT2D eigenvalue weighted by molar-refractivity contribution is 7.90. The molecule has 0 saturated heterocycles. The van der Waals surface area contributed by atoms with E-state index in [0.717, 1.165) is 31.9 Å². The average molecular weight is 367 g/mol. The highest BCUT2D eigenvalue weighted by Gasteiger charge is 2.23. The van der Waals surface area contributed by atoms with Crippen LogP contribution in [-0.4, -0.2) is 39.2 Å². The molecule has 0 radical (unpaired) electrons. The molecule has 0 aliphatic heterocycles. The van der Waals surface area contributed by atoms with Crippen LogP contribution in [0.5, 0.6) is 5.75 Å². The van der Waals surface area contributed by atoms with Crippen LogP contribution in [0.4, 0.5) is 5.69 Å². The lowest BCUT2D eigenvalue weighted by Gasteiger charge is -2.21. The van der Waals surface area contributed by atoms with Gasteiger partial charge in [-0.15, -0.1) is 0 Å². The zero-order chi connectivity index (χ0) is 18.4. The van der Waals surface area contributed by atoms with Crippen molar-refractivity contribution in [3.05, 3.63) is 23.8 Å². The SMILES string of the molecule is COc1ccc(C(=O)C2CCCCC2)cc1NC(=O)CCS(C)(=O)=O. The molecule has 1 N–H and O–H groups in total. The number of nitrogens with one attached hydrogen (secondary N) is 1. The quantitative estimate of drug-likeness (QED) is 0.749. The Balaban J connectivity index is 2.13. The molecule has 0 unspecified atom stereocenters. The Morgan fingerprint density at radius 2 is 1.88 bits per heavy atom. The van der Waals surface area contributed by atoms with Gasteiger partial charge in [-0.25, -0.2) is 8.42 Å². The third-order valence-corrected chi connectivity index (χ3v) is 5.38. The Hall–Kier alpha value is -1.89. The number of benzene rings is 1. The van der Waals surface area contributed by atoms with Crippen LogP contribution < -0.4 is 10.1 Å².